The topological polar surface area (TPSA) is 73.6 Å². The Morgan fingerprint density at radius 2 is 1.91 bits per heavy atom. The van der Waals surface area contributed by atoms with Gasteiger partial charge in [-0.3, -0.25) is 4.98 Å². The van der Waals surface area contributed by atoms with E-state index in [9.17, 15) is 0 Å². The normalized spacial score (nSPS) is 9.91. The Morgan fingerprint density at radius 3 is 2.73 bits per heavy atom. The van der Waals surface area contributed by atoms with Gasteiger partial charge in [-0.05, 0) is 36.0 Å². The van der Waals surface area contributed by atoms with Crippen molar-refractivity contribution in [3.8, 4) is 12.1 Å². The Bertz CT molecular complexity index is 923. The quantitative estimate of drug-likeness (QED) is 0.670. The first-order chi connectivity index (χ1) is 10.8. The van der Waals surface area contributed by atoms with Gasteiger partial charge < -0.3 is 4.42 Å². The molecule has 0 aliphatic carbocycles. The van der Waals surface area contributed by atoms with E-state index in [4.69, 9.17) is 14.9 Å². The predicted molar refractivity (Wildman–Crippen MR) is 83.8 cm³/mol. The number of allylic oxidation sites excluding steroid dienone is 1. The number of benzene rings is 1. The van der Waals surface area contributed by atoms with Crippen LogP contribution in [0.2, 0.25) is 0 Å². The molecule has 0 unspecified atom stereocenters. The second-order valence-corrected chi connectivity index (χ2v) is 5.42. The molecule has 0 N–H and O–H groups in total. The van der Waals surface area contributed by atoms with Gasteiger partial charge in [0.25, 0.3) is 0 Å². The number of rotatable bonds is 3. The van der Waals surface area contributed by atoms with Crippen molar-refractivity contribution in [1.29, 1.82) is 10.5 Å². The van der Waals surface area contributed by atoms with Crippen LogP contribution in [0.15, 0.2) is 68.6 Å². The summed E-state index contributed by atoms with van der Waals surface area (Å²) < 4.78 is 5.63. The molecule has 0 aliphatic rings. The third-order valence-electron chi connectivity index (χ3n) is 2.94. The second-order valence-electron chi connectivity index (χ2n) is 4.37. The highest BCUT2D eigenvalue weighted by atomic mass is 32.2. The van der Waals surface area contributed by atoms with Gasteiger partial charge in [-0.15, -0.1) is 0 Å². The number of nitriles is 2. The zero-order chi connectivity index (χ0) is 15.4. The number of fused-ring (bicyclic) bond motifs is 1. The summed E-state index contributed by atoms with van der Waals surface area (Å²) in [4.78, 5) is 5.39. The average molecular weight is 303 g/mol. The van der Waals surface area contributed by atoms with Crippen LogP contribution in [0.1, 0.15) is 5.76 Å². The van der Waals surface area contributed by atoms with E-state index in [2.05, 4.69) is 4.98 Å². The predicted octanol–water partition coefficient (Wildman–Crippen LogP) is 4.41. The largest absolute Gasteiger partial charge is 0.450 e. The SMILES string of the molecule is N#CC(C#N)=Cc1ccc(Sc2cccc3cccnc23)o1. The van der Waals surface area contributed by atoms with E-state index in [-0.39, 0.29) is 5.57 Å². The summed E-state index contributed by atoms with van der Waals surface area (Å²) in [6.45, 7) is 0. The lowest BCUT2D eigenvalue weighted by Gasteiger charge is -2.02. The van der Waals surface area contributed by atoms with Crippen molar-refractivity contribution < 1.29 is 4.42 Å². The molecule has 0 bridgehead atoms. The zero-order valence-electron chi connectivity index (χ0n) is 11.4. The van der Waals surface area contributed by atoms with Crippen molar-refractivity contribution in [2.24, 2.45) is 0 Å². The minimum atomic E-state index is 0.0118. The van der Waals surface area contributed by atoms with E-state index < -0.39 is 0 Å². The number of hydrogen-bond donors (Lipinski definition) is 0. The summed E-state index contributed by atoms with van der Waals surface area (Å²) in [6.07, 6.45) is 3.18. The van der Waals surface area contributed by atoms with Crippen molar-refractivity contribution in [2.45, 2.75) is 9.99 Å². The van der Waals surface area contributed by atoms with Crippen LogP contribution in [0, 0.1) is 22.7 Å². The van der Waals surface area contributed by atoms with Crippen molar-refractivity contribution in [3.05, 3.63) is 60.0 Å². The van der Waals surface area contributed by atoms with Gasteiger partial charge >= 0.3 is 0 Å². The molecule has 4 nitrogen and oxygen atoms in total. The van der Waals surface area contributed by atoms with E-state index in [1.165, 1.54) is 17.8 Å². The fraction of sp³-hybridized carbons (Fsp3) is 0. The maximum Gasteiger partial charge on any atom is 0.165 e. The first kappa shape index (κ1) is 13.9. The van der Waals surface area contributed by atoms with Crippen molar-refractivity contribution in [2.75, 3.05) is 0 Å². The Morgan fingerprint density at radius 1 is 1.09 bits per heavy atom. The molecule has 0 amide bonds. The van der Waals surface area contributed by atoms with E-state index in [0.29, 0.717) is 10.9 Å². The third kappa shape index (κ3) is 2.85. The van der Waals surface area contributed by atoms with E-state index in [1.807, 2.05) is 36.4 Å². The summed E-state index contributed by atoms with van der Waals surface area (Å²) in [5, 5.41) is 19.2. The van der Waals surface area contributed by atoms with Gasteiger partial charge in [-0.25, -0.2) is 0 Å². The minimum absolute atomic E-state index is 0.0118. The van der Waals surface area contributed by atoms with Gasteiger partial charge in [0.15, 0.2) is 5.09 Å². The number of aromatic nitrogens is 1. The van der Waals surface area contributed by atoms with Crippen LogP contribution in [0.5, 0.6) is 0 Å². The number of nitrogens with zero attached hydrogens (tertiary/aromatic N) is 3. The molecular formula is C17H9N3OS. The molecule has 0 aliphatic heterocycles. The second kappa shape index (κ2) is 6.17. The first-order valence-electron chi connectivity index (χ1n) is 6.43. The lowest BCUT2D eigenvalue weighted by atomic mass is 10.2. The smallest absolute Gasteiger partial charge is 0.165 e. The number of para-hydroxylation sites is 1. The third-order valence-corrected chi connectivity index (χ3v) is 3.91. The van der Waals surface area contributed by atoms with E-state index >= 15 is 0 Å². The Balaban J connectivity index is 1.91. The van der Waals surface area contributed by atoms with Crippen molar-refractivity contribution in [1.82, 2.24) is 4.98 Å². The molecule has 0 saturated carbocycles. The molecule has 0 atom stereocenters. The zero-order valence-corrected chi connectivity index (χ0v) is 12.2. The van der Waals surface area contributed by atoms with Crippen LogP contribution in [0.4, 0.5) is 0 Å². The molecule has 2 aromatic heterocycles. The van der Waals surface area contributed by atoms with Gasteiger partial charge in [-0.2, -0.15) is 10.5 Å². The molecule has 0 radical (unpaired) electrons. The molecule has 3 aromatic rings. The molecule has 0 saturated heterocycles. The van der Waals surface area contributed by atoms with Gasteiger partial charge in [0, 0.05) is 22.6 Å². The van der Waals surface area contributed by atoms with E-state index in [1.54, 1.807) is 24.4 Å². The monoisotopic (exact) mass is 303 g/mol. The van der Waals surface area contributed by atoms with Crippen LogP contribution in [0.25, 0.3) is 17.0 Å². The molecule has 3 rings (SSSR count). The molecular weight excluding hydrogens is 294 g/mol. The fourth-order valence-electron chi connectivity index (χ4n) is 1.97. The summed E-state index contributed by atoms with van der Waals surface area (Å²) in [5.41, 5.74) is 0.927. The van der Waals surface area contributed by atoms with Gasteiger partial charge in [0.1, 0.15) is 23.5 Å². The van der Waals surface area contributed by atoms with E-state index in [0.717, 1.165) is 15.8 Å². The lowest BCUT2D eigenvalue weighted by molar-refractivity contribution is 0.466. The summed E-state index contributed by atoms with van der Waals surface area (Å²) in [6, 6.07) is 17.0. The van der Waals surface area contributed by atoms with Crippen LogP contribution in [-0.2, 0) is 0 Å². The highest BCUT2D eigenvalue weighted by molar-refractivity contribution is 7.99. The van der Waals surface area contributed by atoms with Crippen LogP contribution in [-0.4, -0.2) is 4.98 Å². The highest BCUT2D eigenvalue weighted by Gasteiger charge is 2.07. The molecule has 22 heavy (non-hydrogen) atoms. The average Bonchev–Trinajstić information content (AvgIpc) is 3.00. The van der Waals surface area contributed by atoms with Crippen LogP contribution in [0.3, 0.4) is 0 Å². The number of pyridine rings is 1. The fourth-order valence-corrected chi connectivity index (χ4v) is 2.87. The molecule has 0 spiro atoms. The lowest BCUT2D eigenvalue weighted by Crippen LogP contribution is -1.80. The first-order valence-corrected chi connectivity index (χ1v) is 7.25. The minimum Gasteiger partial charge on any atom is -0.450 e. The molecule has 5 heteroatoms. The van der Waals surface area contributed by atoms with Gasteiger partial charge in [-0.1, -0.05) is 18.2 Å². The van der Waals surface area contributed by atoms with Crippen LogP contribution >= 0.6 is 11.8 Å². The Labute approximate surface area is 131 Å². The number of furan rings is 1. The molecule has 2 heterocycles. The summed E-state index contributed by atoms with van der Waals surface area (Å²) >= 11 is 1.46. The summed E-state index contributed by atoms with van der Waals surface area (Å²) in [7, 11) is 0. The molecule has 1 aromatic carbocycles. The van der Waals surface area contributed by atoms with Crippen molar-refractivity contribution in [3.63, 3.8) is 0 Å². The maximum absolute atomic E-state index is 8.75. The maximum atomic E-state index is 8.75. The Hall–Kier alpha value is -3.02. The molecule has 104 valence electrons. The number of hydrogen-bond acceptors (Lipinski definition) is 5. The Kier molecular flexibility index (Phi) is 3.91. The van der Waals surface area contributed by atoms with Gasteiger partial charge in [0.05, 0.1) is 5.52 Å². The molecule has 0 fully saturated rings. The summed E-state index contributed by atoms with van der Waals surface area (Å²) in [5.74, 6) is 0.480. The standard InChI is InChI=1S/C17H9N3OS/c18-10-12(11-19)9-14-6-7-16(21-14)22-15-5-1-3-13-4-2-8-20-17(13)15/h1-9H. The van der Waals surface area contributed by atoms with Crippen LogP contribution < -0.4 is 0 Å². The van der Waals surface area contributed by atoms with Crippen molar-refractivity contribution >= 4 is 28.7 Å². The highest BCUT2D eigenvalue weighted by Crippen LogP contribution is 2.33. The van der Waals surface area contributed by atoms with Gasteiger partial charge in [0.2, 0.25) is 0 Å².